The molecule has 2 saturated heterocycles. The second-order valence-corrected chi connectivity index (χ2v) is 12.7. The highest BCUT2D eigenvalue weighted by Crippen LogP contribution is 2.17. The van der Waals surface area contributed by atoms with Gasteiger partial charge in [0.2, 0.25) is 11.0 Å². The number of carbonyl (C=O) groups excluding carboxylic acids is 6. The van der Waals surface area contributed by atoms with Crippen LogP contribution >= 0.6 is 11.3 Å². The van der Waals surface area contributed by atoms with E-state index in [-0.39, 0.29) is 15.1 Å². The molecule has 2 aromatic rings. The number of anilines is 1. The maximum Gasteiger partial charge on any atom is 0.350 e. The van der Waals surface area contributed by atoms with Gasteiger partial charge in [-0.2, -0.15) is 8.42 Å². The Morgan fingerprint density at radius 2 is 1.85 bits per heavy atom. The normalized spacial score (nSPS) is 17.0. The summed E-state index contributed by atoms with van der Waals surface area (Å²) in [4.78, 5) is 110. The molecule has 2 aromatic heterocycles. The molecule has 0 spiro atoms. The number of nitrogens with zero attached hydrogens (tertiary/aromatic N) is 5. The SMILES string of the molecule is CC(C)(ON=C(C(=O)N[C@H]1CN(C(=O)NS(=O)(=O)N2CCN(NC(=O)c3cc(=O)c(O)c[nH]3)C(=O)C2=O)C1=O)c1csc(N)n1)C(=O)O. The number of piperazine rings is 1. The van der Waals surface area contributed by atoms with E-state index >= 15 is 0 Å². The zero-order chi connectivity index (χ0) is 35.7. The van der Waals surface area contributed by atoms with Crippen LogP contribution in [0.1, 0.15) is 30.0 Å². The number of thiazole rings is 1. The van der Waals surface area contributed by atoms with Gasteiger partial charge in [0, 0.05) is 17.6 Å². The summed E-state index contributed by atoms with van der Waals surface area (Å²) in [5, 5.41) is 26.1. The molecule has 2 aliphatic heterocycles. The number of nitrogen functional groups attached to an aromatic ring is 1. The molecule has 0 aromatic carbocycles. The number of aromatic amines is 1. The van der Waals surface area contributed by atoms with Crippen molar-refractivity contribution in [3.63, 3.8) is 0 Å². The Morgan fingerprint density at radius 3 is 2.44 bits per heavy atom. The second-order valence-electron chi connectivity index (χ2n) is 10.2. The summed E-state index contributed by atoms with van der Waals surface area (Å²) in [6, 6.07) is -2.22. The van der Waals surface area contributed by atoms with Crippen LogP contribution in [0.4, 0.5) is 9.93 Å². The van der Waals surface area contributed by atoms with Gasteiger partial charge in [0.15, 0.2) is 16.6 Å². The van der Waals surface area contributed by atoms with Crippen molar-refractivity contribution in [2.75, 3.05) is 25.4 Å². The lowest BCUT2D eigenvalue weighted by Crippen LogP contribution is -2.69. The van der Waals surface area contributed by atoms with Crippen LogP contribution in [0, 0.1) is 0 Å². The number of nitrogens with two attached hydrogens (primary N) is 1. The monoisotopic (exact) mass is 712 g/mol. The molecule has 256 valence electrons. The number of carboxylic acids is 1. The molecule has 0 radical (unpaired) electrons. The highest BCUT2D eigenvalue weighted by atomic mass is 32.2. The summed E-state index contributed by atoms with van der Waals surface area (Å²) in [7, 11) is -5.07. The smallest absolute Gasteiger partial charge is 0.350 e. The first-order chi connectivity index (χ1) is 22.3. The van der Waals surface area contributed by atoms with Crippen LogP contribution < -0.4 is 26.6 Å². The Hall–Kier alpha value is -6.11. The number of H-pyrrole nitrogens is 1. The number of urea groups is 1. The first kappa shape index (κ1) is 34.8. The first-order valence-corrected chi connectivity index (χ1v) is 15.4. The van der Waals surface area contributed by atoms with E-state index in [0.29, 0.717) is 16.0 Å². The molecule has 0 saturated carbocycles. The number of carboxylic acid groups (broad SMARTS) is 1. The number of carbonyl (C=O) groups is 7. The van der Waals surface area contributed by atoms with Crippen molar-refractivity contribution in [2.45, 2.75) is 25.5 Å². The molecule has 0 unspecified atom stereocenters. The standard InChI is InChI=1S/C23H24N10O13S2/c1-23(2,20(41)42)46-29-14(11-8-47-21(24)27-11)16(37)26-10-7-31(17(10)38)22(43)30-48(44,45)33-4-3-32(18(39)19(33)40)28-15(36)9-5-12(34)13(35)6-25-9/h5-6,8,10,35H,3-4,7H2,1-2H3,(H2,24,27)(H,25,34)(H,26,37)(H,28,36)(H,30,43)(H,41,42)/t10-/m0/s1. The number of β-lactam (4-membered cyclic amide) rings is 1. The third kappa shape index (κ3) is 7.15. The fraction of sp³-hybridized carbons (Fsp3) is 0.304. The molecular weight excluding hydrogens is 688 g/mol. The van der Waals surface area contributed by atoms with Crippen LogP contribution in [0.3, 0.4) is 0 Å². The minimum Gasteiger partial charge on any atom is -0.503 e. The van der Waals surface area contributed by atoms with Crippen molar-refractivity contribution in [3.8, 4) is 5.75 Å². The molecule has 1 atom stereocenters. The van der Waals surface area contributed by atoms with Crippen molar-refractivity contribution in [1.82, 2.24) is 39.6 Å². The van der Waals surface area contributed by atoms with Crippen molar-refractivity contribution < 1.29 is 57.0 Å². The molecule has 23 nitrogen and oxygen atoms in total. The average molecular weight is 713 g/mol. The van der Waals surface area contributed by atoms with E-state index in [1.165, 1.54) is 10.1 Å². The predicted octanol–water partition coefficient (Wildman–Crippen LogP) is -4.00. The van der Waals surface area contributed by atoms with Crippen molar-refractivity contribution in [2.24, 2.45) is 5.16 Å². The Kier molecular flexibility index (Phi) is 9.38. The van der Waals surface area contributed by atoms with Gasteiger partial charge >= 0.3 is 34.0 Å². The number of aliphatic carboxylic acids is 1. The zero-order valence-electron chi connectivity index (χ0n) is 24.4. The number of oxime groups is 1. The van der Waals surface area contributed by atoms with Gasteiger partial charge in [-0.15, -0.1) is 11.3 Å². The van der Waals surface area contributed by atoms with Crippen LogP contribution in [0.15, 0.2) is 27.6 Å². The van der Waals surface area contributed by atoms with Crippen molar-refractivity contribution in [1.29, 1.82) is 0 Å². The number of hydrogen-bond acceptors (Lipinski definition) is 16. The van der Waals surface area contributed by atoms with Crippen LogP contribution in [0.25, 0.3) is 0 Å². The molecule has 2 aliphatic rings. The number of aromatic hydroxyl groups is 1. The van der Waals surface area contributed by atoms with Crippen LogP contribution in [0.2, 0.25) is 0 Å². The number of nitrogens with one attached hydrogen (secondary N) is 4. The molecule has 25 heteroatoms. The largest absolute Gasteiger partial charge is 0.503 e. The van der Waals surface area contributed by atoms with Gasteiger partial charge in [-0.25, -0.2) is 28.6 Å². The summed E-state index contributed by atoms with van der Waals surface area (Å²) in [5.74, 6) is -8.60. The summed E-state index contributed by atoms with van der Waals surface area (Å²) in [5.41, 5.74) is 3.70. The molecular formula is C23H24N10O13S2. The third-order valence-corrected chi connectivity index (χ3v) is 8.44. The van der Waals surface area contributed by atoms with Gasteiger partial charge < -0.3 is 31.1 Å². The van der Waals surface area contributed by atoms with E-state index < -0.39 is 106 Å². The van der Waals surface area contributed by atoms with E-state index in [0.717, 1.165) is 31.4 Å². The van der Waals surface area contributed by atoms with Gasteiger partial charge in [0.05, 0.1) is 19.6 Å². The maximum absolute atomic E-state index is 12.9. The van der Waals surface area contributed by atoms with E-state index in [2.05, 4.69) is 20.4 Å². The van der Waals surface area contributed by atoms with Gasteiger partial charge in [0.25, 0.3) is 17.7 Å². The lowest BCUT2D eigenvalue weighted by atomic mass is 10.1. The third-order valence-electron chi connectivity index (χ3n) is 6.40. The number of amides is 7. The maximum atomic E-state index is 12.9. The number of pyridine rings is 1. The van der Waals surface area contributed by atoms with Crippen molar-refractivity contribution in [3.05, 3.63) is 39.3 Å². The van der Waals surface area contributed by atoms with E-state index in [1.54, 1.807) is 0 Å². The summed E-state index contributed by atoms with van der Waals surface area (Å²) in [6.45, 7) is 0.387. The molecule has 0 bridgehead atoms. The van der Waals surface area contributed by atoms with E-state index in [1.807, 2.05) is 5.43 Å². The summed E-state index contributed by atoms with van der Waals surface area (Å²) in [6.07, 6.45) is 0.807. The Labute approximate surface area is 271 Å². The molecule has 48 heavy (non-hydrogen) atoms. The number of imide groups is 1. The van der Waals surface area contributed by atoms with Crippen LogP contribution in [0.5, 0.6) is 5.75 Å². The van der Waals surface area contributed by atoms with Gasteiger partial charge in [-0.05, 0) is 13.8 Å². The average Bonchev–Trinajstić information content (AvgIpc) is 3.43. The number of aromatic nitrogens is 2. The second kappa shape index (κ2) is 12.9. The first-order valence-electron chi connectivity index (χ1n) is 13.1. The number of hydrazine groups is 1. The topological polar surface area (TPSA) is 333 Å². The number of hydrogen-bond donors (Lipinski definition) is 7. The molecule has 4 rings (SSSR count). The van der Waals surface area contributed by atoms with Crippen LogP contribution in [-0.4, -0.2) is 121 Å². The fourth-order valence-corrected chi connectivity index (χ4v) is 5.30. The highest BCUT2D eigenvalue weighted by Gasteiger charge is 2.46. The van der Waals surface area contributed by atoms with Crippen molar-refractivity contribution >= 4 is 73.9 Å². The van der Waals surface area contributed by atoms with Crippen LogP contribution in [-0.2, 0) is 39.0 Å². The molecule has 0 aliphatic carbocycles. The number of likely N-dealkylation sites (tertiary alicyclic amines) is 1. The minimum absolute atomic E-state index is 0.0112. The summed E-state index contributed by atoms with van der Waals surface area (Å²) < 4.78 is 27.0. The van der Waals surface area contributed by atoms with Gasteiger partial charge in [0.1, 0.15) is 17.4 Å². The fourth-order valence-electron chi connectivity index (χ4n) is 3.69. The Balaban J connectivity index is 1.35. The minimum atomic E-state index is -5.07. The Morgan fingerprint density at radius 1 is 1.17 bits per heavy atom. The highest BCUT2D eigenvalue weighted by molar-refractivity contribution is 7.88. The van der Waals surface area contributed by atoms with Gasteiger partial charge in [-0.1, -0.05) is 5.16 Å². The quantitative estimate of drug-likeness (QED) is 0.0534. The lowest BCUT2D eigenvalue weighted by molar-refractivity contribution is -0.161. The van der Waals surface area contributed by atoms with E-state index in [4.69, 9.17) is 10.6 Å². The number of rotatable bonds is 10. The lowest BCUT2D eigenvalue weighted by Gasteiger charge is -2.37. The molecule has 7 amide bonds. The predicted molar refractivity (Wildman–Crippen MR) is 157 cm³/mol. The zero-order valence-corrected chi connectivity index (χ0v) is 26.1. The molecule has 4 heterocycles. The Bertz CT molecular complexity index is 1940. The summed E-state index contributed by atoms with van der Waals surface area (Å²) >= 11 is 0.913. The molecule has 8 N–H and O–H groups in total. The van der Waals surface area contributed by atoms with Gasteiger partial charge in [-0.3, -0.25) is 39.1 Å². The van der Waals surface area contributed by atoms with E-state index in [9.17, 15) is 57.0 Å². The molecule has 2 fully saturated rings.